The molecule has 0 atom stereocenters. The first-order chi connectivity index (χ1) is 11.9. The highest BCUT2D eigenvalue weighted by atomic mass is 32.2. The largest absolute Gasteiger partial charge is 0.352 e. The molecule has 2 aromatic rings. The molecule has 0 spiro atoms. The number of rotatable bonds is 6. The third-order valence-corrected chi connectivity index (χ3v) is 5.16. The Bertz CT molecular complexity index is 830. The van der Waals surface area contributed by atoms with E-state index in [9.17, 15) is 8.42 Å². The fourth-order valence-electron chi connectivity index (χ4n) is 2.32. The van der Waals surface area contributed by atoms with Gasteiger partial charge in [-0.05, 0) is 37.2 Å². The monoisotopic (exact) mass is 360 g/mol. The molecule has 7 heteroatoms. The molecule has 6 nitrogen and oxygen atoms in total. The number of hydrogen-bond acceptors (Lipinski definition) is 3. The maximum absolute atomic E-state index is 11.7. The van der Waals surface area contributed by atoms with Crippen LogP contribution >= 0.6 is 0 Å². The quantitative estimate of drug-likeness (QED) is 0.542. The van der Waals surface area contributed by atoms with E-state index in [1.165, 1.54) is 18.2 Å². The average molecular weight is 360 g/mol. The van der Waals surface area contributed by atoms with Gasteiger partial charge in [0.15, 0.2) is 5.96 Å². The molecule has 3 N–H and O–H groups in total. The summed E-state index contributed by atoms with van der Waals surface area (Å²) in [6.07, 6.45) is 0. The van der Waals surface area contributed by atoms with Crippen LogP contribution in [-0.4, -0.2) is 28.5 Å². The first-order valence-electron chi connectivity index (χ1n) is 7.97. The standard InChI is InChI=1S/C18H24N4O2S/c1-14-5-4-6-16(11-14)13-22-18(19-2)21-12-15-7-9-17(10-8-15)25(23,24)20-3/h4-11,20H,12-13H2,1-3H3,(H2,19,21,22). The SMILES string of the molecule is CN=C(NCc1ccc(S(=O)(=O)NC)cc1)NCc1cccc(C)c1. The van der Waals surface area contributed by atoms with E-state index < -0.39 is 10.0 Å². The van der Waals surface area contributed by atoms with Crippen molar-refractivity contribution in [2.24, 2.45) is 4.99 Å². The molecule has 0 amide bonds. The van der Waals surface area contributed by atoms with E-state index in [-0.39, 0.29) is 4.90 Å². The summed E-state index contributed by atoms with van der Waals surface area (Å²) in [5.74, 6) is 0.688. The molecule has 134 valence electrons. The van der Waals surface area contributed by atoms with Gasteiger partial charge in [-0.15, -0.1) is 0 Å². The van der Waals surface area contributed by atoms with Gasteiger partial charge in [-0.2, -0.15) is 0 Å². The van der Waals surface area contributed by atoms with Crippen LogP contribution in [0.1, 0.15) is 16.7 Å². The molecule has 0 aliphatic carbocycles. The summed E-state index contributed by atoms with van der Waals surface area (Å²) in [7, 11) is -0.286. The number of aryl methyl sites for hydroxylation is 1. The topological polar surface area (TPSA) is 82.6 Å². The Morgan fingerprint density at radius 1 is 1.00 bits per heavy atom. The van der Waals surface area contributed by atoms with Crippen LogP contribution in [0.15, 0.2) is 58.4 Å². The highest BCUT2D eigenvalue weighted by Gasteiger charge is 2.10. The van der Waals surface area contributed by atoms with Crippen LogP contribution in [0.3, 0.4) is 0 Å². The molecule has 0 fully saturated rings. The van der Waals surface area contributed by atoms with E-state index in [2.05, 4.69) is 45.5 Å². The fourth-order valence-corrected chi connectivity index (χ4v) is 3.05. The van der Waals surface area contributed by atoms with E-state index in [4.69, 9.17) is 0 Å². The van der Waals surface area contributed by atoms with Crippen LogP contribution in [0.25, 0.3) is 0 Å². The van der Waals surface area contributed by atoms with Crippen molar-refractivity contribution in [1.29, 1.82) is 0 Å². The summed E-state index contributed by atoms with van der Waals surface area (Å²) in [5, 5.41) is 6.48. The van der Waals surface area contributed by atoms with Gasteiger partial charge in [-0.1, -0.05) is 42.0 Å². The lowest BCUT2D eigenvalue weighted by Crippen LogP contribution is -2.36. The van der Waals surface area contributed by atoms with Crippen LogP contribution < -0.4 is 15.4 Å². The number of nitrogens with zero attached hydrogens (tertiary/aromatic N) is 1. The normalized spacial score (nSPS) is 12.0. The molecule has 0 saturated carbocycles. The zero-order valence-electron chi connectivity index (χ0n) is 14.7. The van der Waals surface area contributed by atoms with Crippen molar-refractivity contribution in [3.63, 3.8) is 0 Å². The number of aliphatic imine (C=N–C) groups is 1. The van der Waals surface area contributed by atoms with Gasteiger partial charge in [0, 0.05) is 20.1 Å². The number of hydrogen-bond donors (Lipinski definition) is 3. The maximum atomic E-state index is 11.7. The van der Waals surface area contributed by atoms with Crippen LogP contribution in [0.5, 0.6) is 0 Å². The van der Waals surface area contributed by atoms with Crippen molar-refractivity contribution in [2.45, 2.75) is 24.9 Å². The van der Waals surface area contributed by atoms with Crippen molar-refractivity contribution in [1.82, 2.24) is 15.4 Å². The van der Waals surface area contributed by atoms with Gasteiger partial charge >= 0.3 is 0 Å². The van der Waals surface area contributed by atoms with Crippen molar-refractivity contribution in [3.8, 4) is 0 Å². The predicted molar refractivity (Wildman–Crippen MR) is 101 cm³/mol. The molecule has 25 heavy (non-hydrogen) atoms. The number of sulfonamides is 1. The first kappa shape index (κ1) is 19.0. The van der Waals surface area contributed by atoms with Gasteiger partial charge in [-0.3, -0.25) is 4.99 Å². The summed E-state index contributed by atoms with van der Waals surface area (Å²) in [6.45, 7) is 3.29. The minimum absolute atomic E-state index is 0.251. The molecule has 0 bridgehead atoms. The summed E-state index contributed by atoms with van der Waals surface area (Å²) in [6, 6.07) is 15.0. The van der Waals surface area contributed by atoms with E-state index in [0.29, 0.717) is 19.0 Å². The van der Waals surface area contributed by atoms with Crippen LogP contribution in [-0.2, 0) is 23.1 Å². The second-order valence-corrected chi connectivity index (χ2v) is 7.51. The van der Waals surface area contributed by atoms with Gasteiger partial charge in [0.25, 0.3) is 0 Å². The number of benzene rings is 2. The Labute approximate surface area is 149 Å². The van der Waals surface area contributed by atoms with Crippen molar-refractivity contribution in [2.75, 3.05) is 14.1 Å². The summed E-state index contributed by atoms with van der Waals surface area (Å²) in [5.41, 5.74) is 3.37. The maximum Gasteiger partial charge on any atom is 0.240 e. The lowest BCUT2D eigenvalue weighted by Gasteiger charge is -2.12. The Kier molecular flexibility index (Phi) is 6.55. The zero-order chi connectivity index (χ0) is 18.3. The van der Waals surface area contributed by atoms with Crippen LogP contribution in [0, 0.1) is 6.92 Å². The van der Waals surface area contributed by atoms with Crippen molar-refractivity contribution >= 4 is 16.0 Å². The molecule has 2 rings (SSSR count). The van der Waals surface area contributed by atoms with Gasteiger partial charge in [-0.25, -0.2) is 13.1 Å². The highest BCUT2D eigenvalue weighted by Crippen LogP contribution is 2.10. The Hall–Kier alpha value is -2.38. The Morgan fingerprint density at radius 3 is 2.20 bits per heavy atom. The Balaban J connectivity index is 1.90. The molecule has 0 aromatic heterocycles. The predicted octanol–water partition coefficient (Wildman–Crippen LogP) is 1.77. The molecule has 2 aromatic carbocycles. The molecule has 0 aliphatic heterocycles. The van der Waals surface area contributed by atoms with Crippen LogP contribution in [0.4, 0.5) is 0 Å². The van der Waals surface area contributed by atoms with Gasteiger partial charge in [0.1, 0.15) is 0 Å². The molecule has 0 saturated heterocycles. The second-order valence-electron chi connectivity index (χ2n) is 5.62. The lowest BCUT2D eigenvalue weighted by atomic mass is 10.1. The first-order valence-corrected chi connectivity index (χ1v) is 9.45. The number of guanidine groups is 1. The highest BCUT2D eigenvalue weighted by molar-refractivity contribution is 7.89. The molecular weight excluding hydrogens is 336 g/mol. The third kappa shape index (κ3) is 5.58. The Morgan fingerprint density at radius 2 is 1.64 bits per heavy atom. The lowest BCUT2D eigenvalue weighted by molar-refractivity contribution is 0.588. The average Bonchev–Trinajstić information content (AvgIpc) is 2.62. The van der Waals surface area contributed by atoms with Gasteiger partial charge in [0.05, 0.1) is 4.90 Å². The molecule has 0 heterocycles. The van der Waals surface area contributed by atoms with E-state index in [1.807, 2.05) is 6.07 Å². The van der Waals surface area contributed by atoms with E-state index >= 15 is 0 Å². The van der Waals surface area contributed by atoms with E-state index in [0.717, 1.165) is 5.56 Å². The zero-order valence-corrected chi connectivity index (χ0v) is 15.5. The second kappa shape index (κ2) is 8.64. The fraction of sp³-hybridized carbons (Fsp3) is 0.278. The number of nitrogens with one attached hydrogen (secondary N) is 3. The smallest absolute Gasteiger partial charge is 0.240 e. The molecule has 0 unspecified atom stereocenters. The minimum Gasteiger partial charge on any atom is -0.352 e. The molecule has 0 aliphatic rings. The molecular formula is C18H24N4O2S. The minimum atomic E-state index is -3.40. The summed E-state index contributed by atoms with van der Waals surface area (Å²) < 4.78 is 25.7. The van der Waals surface area contributed by atoms with Gasteiger partial charge in [0.2, 0.25) is 10.0 Å². The summed E-state index contributed by atoms with van der Waals surface area (Å²) >= 11 is 0. The van der Waals surface area contributed by atoms with E-state index in [1.54, 1.807) is 31.3 Å². The van der Waals surface area contributed by atoms with Crippen molar-refractivity contribution < 1.29 is 8.42 Å². The third-order valence-electron chi connectivity index (χ3n) is 3.73. The summed E-state index contributed by atoms with van der Waals surface area (Å²) in [4.78, 5) is 4.45. The van der Waals surface area contributed by atoms with Gasteiger partial charge < -0.3 is 10.6 Å². The molecule has 0 radical (unpaired) electrons. The van der Waals surface area contributed by atoms with Crippen molar-refractivity contribution in [3.05, 3.63) is 65.2 Å². The van der Waals surface area contributed by atoms with Crippen LogP contribution in [0.2, 0.25) is 0 Å².